The molecule has 0 amide bonds. The van der Waals surface area contributed by atoms with Crippen LogP contribution in [0.5, 0.6) is 0 Å². The van der Waals surface area contributed by atoms with E-state index in [9.17, 15) is 5.11 Å². The van der Waals surface area contributed by atoms with Gasteiger partial charge in [-0.1, -0.05) is 27.7 Å². The van der Waals surface area contributed by atoms with Crippen LogP contribution in [0.4, 0.5) is 0 Å². The van der Waals surface area contributed by atoms with Crippen LogP contribution in [0.2, 0.25) is 0 Å². The summed E-state index contributed by atoms with van der Waals surface area (Å²) in [5, 5.41) is 9.24. The molecule has 0 aromatic rings. The standard InChI is InChI=1S/C13H24O/c1-9(5-10-6-12(10,2)3)11-7-13(11,4)8-14/h9-11,14H,5-8H2,1-4H3. The van der Waals surface area contributed by atoms with Crippen LogP contribution in [0.3, 0.4) is 0 Å². The van der Waals surface area contributed by atoms with E-state index in [1.807, 2.05) is 0 Å². The fourth-order valence-electron chi connectivity index (χ4n) is 3.10. The average molecular weight is 196 g/mol. The zero-order chi connectivity index (χ0) is 10.6. The van der Waals surface area contributed by atoms with Crippen molar-refractivity contribution in [3.63, 3.8) is 0 Å². The van der Waals surface area contributed by atoms with Gasteiger partial charge in [0.05, 0.1) is 0 Å². The third-order valence-electron chi connectivity index (χ3n) is 4.84. The van der Waals surface area contributed by atoms with Gasteiger partial charge >= 0.3 is 0 Å². The molecule has 0 aromatic heterocycles. The molecule has 2 rings (SSSR count). The van der Waals surface area contributed by atoms with Gasteiger partial charge in [-0.25, -0.2) is 0 Å². The van der Waals surface area contributed by atoms with E-state index in [2.05, 4.69) is 27.7 Å². The Bertz CT molecular complexity index is 233. The summed E-state index contributed by atoms with van der Waals surface area (Å²) < 4.78 is 0. The molecule has 2 saturated carbocycles. The van der Waals surface area contributed by atoms with Crippen molar-refractivity contribution < 1.29 is 5.11 Å². The Morgan fingerprint density at radius 2 is 1.86 bits per heavy atom. The van der Waals surface area contributed by atoms with Crippen LogP contribution in [0.15, 0.2) is 0 Å². The Morgan fingerprint density at radius 1 is 1.29 bits per heavy atom. The first-order valence-corrected chi connectivity index (χ1v) is 6.00. The molecular formula is C13H24O. The van der Waals surface area contributed by atoms with Crippen molar-refractivity contribution in [2.45, 2.75) is 47.0 Å². The topological polar surface area (TPSA) is 20.2 Å². The monoisotopic (exact) mass is 196 g/mol. The Morgan fingerprint density at radius 3 is 2.21 bits per heavy atom. The van der Waals surface area contributed by atoms with Gasteiger partial charge < -0.3 is 5.11 Å². The molecule has 0 radical (unpaired) electrons. The van der Waals surface area contributed by atoms with Crippen LogP contribution >= 0.6 is 0 Å². The van der Waals surface area contributed by atoms with Crippen LogP contribution in [-0.4, -0.2) is 11.7 Å². The zero-order valence-corrected chi connectivity index (χ0v) is 10.0. The summed E-state index contributed by atoms with van der Waals surface area (Å²) in [6.45, 7) is 9.74. The fourth-order valence-corrected chi connectivity index (χ4v) is 3.10. The Kier molecular flexibility index (Phi) is 2.23. The summed E-state index contributed by atoms with van der Waals surface area (Å²) in [5.74, 6) is 2.57. The Balaban J connectivity index is 1.79. The van der Waals surface area contributed by atoms with Gasteiger partial charge in [-0.3, -0.25) is 0 Å². The molecule has 0 saturated heterocycles. The van der Waals surface area contributed by atoms with Crippen LogP contribution in [0.25, 0.3) is 0 Å². The molecule has 4 unspecified atom stereocenters. The van der Waals surface area contributed by atoms with E-state index in [0.717, 1.165) is 17.8 Å². The Labute approximate surface area is 87.9 Å². The van der Waals surface area contributed by atoms with Gasteiger partial charge in [0.15, 0.2) is 0 Å². The van der Waals surface area contributed by atoms with E-state index in [0.29, 0.717) is 12.0 Å². The fraction of sp³-hybridized carbons (Fsp3) is 1.00. The van der Waals surface area contributed by atoms with Crippen molar-refractivity contribution in [2.75, 3.05) is 6.61 Å². The minimum atomic E-state index is 0.276. The molecule has 0 bridgehead atoms. The molecule has 1 nitrogen and oxygen atoms in total. The SMILES string of the molecule is CC(CC1CC1(C)C)C1CC1(C)CO. The summed E-state index contributed by atoms with van der Waals surface area (Å²) in [6.07, 6.45) is 4.05. The smallest absolute Gasteiger partial charge is 0.0487 e. The minimum absolute atomic E-state index is 0.276. The molecule has 0 aromatic carbocycles. The second-order valence-electron chi connectivity index (χ2n) is 6.73. The number of hydrogen-bond acceptors (Lipinski definition) is 1. The predicted molar refractivity (Wildman–Crippen MR) is 59.0 cm³/mol. The van der Waals surface area contributed by atoms with Crippen molar-refractivity contribution in [3.05, 3.63) is 0 Å². The molecule has 4 atom stereocenters. The quantitative estimate of drug-likeness (QED) is 0.732. The summed E-state index contributed by atoms with van der Waals surface area (Å²) in [7, 11) is 0. The van der Waals surface area contributed by atoms with Gasteiger partial charge in [-0.05, 0) is 47.8 Å². The van der Waals surface area contributed by atoms with Gasteiger partial charge in [-0.15, -0.1) is 0 Å². The Hall–Kier alpha value is -0.0400. The summed E-state index contributed by atoms with van der Waals surface area (Å²) in [6, 6.07) is 0. The maximum absolute atomic E-state index is 9.24. The van der Waals surface area contributed by atoms with Crippen LogP contribution in [-0.2, 0) is 0 Å². The maximum atomic E-state index is 9.24. The molecular weight excluding hydrogens is 172 g/mol. The highest BCUT2D eigenvalue weighted by Gasteiger charge is 2.54. The first kappa shape index (κ1) is 10.5. The van der Waals surface area contributed by atoms with E-state index in [1.54, 1.807) is 0 Å². The summed E-state index contributed by atoms with van der Waals surface area (Å²) >= 11 is 0. The highest BCUT2D eigenvalue weighted by atomic mass is 16.3. The van der Waals surface area contributed by atoms with Gasteiger partial charge in [0.2, 0.25) is 0 Å². The molecule has 1 N–H and O–H groups in total. The first-order chi connectivity index (χ1) is 6.39. The lowest BCUT2D eigenvalue weighted by Gasteiger charge is -2.15. The summed E-state index contributed by atoms with van der Waals surface area (Å²) in [4.78, 5) is 0. The molecule has 2 aliphatic carbocycles. The van der Waals surface area contributed by atoms with E-state index >= 15 is 0 Å². The molecule has 0 spiro atoms. The lowest BCUT2D eigenvalue weighted by Crippen LogP contribution is -2.11. The number of hydrogen-bond donors (Lipinski definition) is 1. The third kappa shape index (κ3) is 1.71. The second-order valence-corrected chi connectivity index (χ2v) is 6.73. The van der Waals surface area contributed by atoms with Crippen LogP contribution in [0, 0.1) is 28.6 Å². The van der Waals surface area contributed by atoms with Crippen LogP contribution in [0.1, 0.15) is 47.0 Å². The second kappa shape index (κ2) is 2.98. The molecule has 1 heteroatoms. The van der Waals surface area contributed by atoms with E-state index in [1.165, 1.54) is 19.3 Å². The summed E-state index contributed by atoms with van der Waals surface area (Å²) in [5.41, 5.74) is 0.900. The lowest BCUT2D eigenvalue weighted by molar-refractivity contribution is 0.196. The lowest BCUT2D eigenvalue weighted by atomic mass is 9.91. The molecule has 0 heterocycles. The maximum Gasteiger partial charge on any atom is 0.0487 e. The molecule has 0 aliphatic heterocycles. The first-order valence-electron chi connectivity index (χ1n) is 6.00. The van der Waals surface area contributed by atoms with Crippen molar-refractivity contribution >= 4 is 0 Å². The highest BCUT2D eigenvalue weighted by Crippen LogP contribution is 2.61. The number of aliphatic hydroxyl groups is 1. The molecule has 82 valence electrons. The molecule has 2 fully saturated rings. The minimum Gasteiger partial charge on any atom is -0.396 e. The van der Waals surface area contributed by atoms with Crippen molar-refractivity contribution in [3.8, 4) is 0 Å². The van der Waals surface area contributed by atoms with Crippen molar-refractivity contribution in [1.82, 2.24) is 0 Å². The predicted octanol–water partition coefficient (Wildman–Crippen LogP) is 3.08. The zero-order valence-electron chi connectivity index (χ0n) is 10.0. The van der Waals surface area contributed by atoms with E-state index in [4.69, 9.17) is 0 Å². The van der Waals surface area contributed by atoms with Gasteiger partial charge in [0.1, 0.15) is 0 Å². The average Bonchev–Trinajstić information content (AvgIpc) is 2.92. The van der Waals surface area contributed by atoms with Gasteiger partial charge in [0.25, 0.3) is 0 Å². The molecule has 14 heavy (non-hydrogen) atoms. The molecule has 2 aliphatic rings. The largest absolute Gasteiger partial charge is 0.396 e. The van der Waals surface area contributed by atoms with Crippen molar-refractivity contribution in [2.24, 2.45) is 28.6 Å². The van der Waals surface area contributed by atoms with Gasteiger partial charge in [-0.2, -0.15) is 0 Å². The van der Waals surface area contributed by atoms with Gasteiger partial charge in [0, 0.05) is 6.61 Å². The van der Waals surface area contributed by atoms with E-state index < -0.39 is 0 Å². The van der Waals surface area contributed by atoms with Crippen LogP contribution < -0.4 is 0 Å². The van der Waals surface area contributed by atoms with Crippen molar-refractivity contribution in [1.29, 1.82) is 0 Å². The van der Waals surface area contributed by atoms with E-state index in [-0.39, 0.29) is 5.41 Å². The number of aliphatic hydroxyl groups excluding tert-OH is 1. The number of rotatable bonds is 4. The normalized spacial score (nSPS) is 46.1. The highest BCUT2D eigenvalue weighted by molar-refractivity contribution is 5.03. The third-order valence-corrected chi connectivity index (χ3v) is 4.84.